The highest BCUT2D eigenvalue weighted by molar-refractivity contribution is 4.91. The van der Waals surface area contributed by atoms with Gasteiger partial charge in [0, 0.05) is 19.6 Å². The van der Waals surface area contributed by atoms with Gasteiger partial charge in [-0.3, -0.25) is 0 Å². The number of hydrogen-bond donors (Lipinski definition) is 2. The summed E-state index contributed by atoms with van der Waals surface area (Å²) in [5.74, 6) is 1.37. The molecule has 2 fully saturated rings. The van der Waals surface area contributed by atoms with Gasteiger partial charge in [0.15, 0.2) is 0 Å². The summed E-state index contributed by atoms with van der Waals surface area (Å²) in [6, 6.07) is 0. The molecule has 1 aliphatic carbocycles. The summed E-state index contributed by atoms with van der Waals surface area (Å²) in [7, 11) is 2.08. The number of hydrogen-bond acceptors (Lipinski definition) is 3. The summed E-state index contributed by atoms with van der Waals surface area (Å²) in [4.78, 5) is 2.51. The molecule has 0 bridgehead atoms. The number of likely N-dealkylation sites (tertiary alicyclic amines) is 1. The molecule has 0 amide bonds. The molecule has 112 valence electrons. The maximum atomic E-state index is 10.1. The topological polar surface area (TPSA) is 35.5 Å². The zero-order valence-corrected chi connectivity index (χ0v) is 13.0. The predicted molar refractivity (Wildman–Crippen MR) is 80.2 cm³/mol. The molecule has 0 aromatic carbocycles. The van der Waals surface area contributed by atoms with Crippen LogP contribution in [0, 0.1) is 17.3 Å². The Balaban J connectivity index is 1.93. The molecule has 0 aromatic heterocycles. The van der Waals surface area contributed by atoms with Crippen molar-refractivity contribution in [2.75, 3.05) is 33.2 Å². The van der Waals surface area contributed by atoms with Crippen LogP contribution in [0.2, 0.25) is 0 Å². The van der Waals surface area contributed by atoms with E-state index in [0.29, 0.717) is 11.3 Å². The quantitative estimate of drug-likeness (QED) is 0.820. The zero-order valence-electron chi connectivity index (χ0n) is 13.0. The Bertz CT molecular complexity index is 274. The highest BCUT2D eigenvalue weighted by atomic mass is 16.3. The second-order valence-corrected chi connectivity index (χ2v) is 7.28. The summed E-state index contributed by atoms with van der Waals surface area (Å²) in [6.45, 7) is 8.90. The SMILES string of the molecule is CNCC1(CN2CCC(C)C(O)C2)CCC(C)CC1. The molecule has 0 aromatic rings. The Kier molecular flexibility index (Phi) is 5.27. The van der Waals surface area contributed by atoms with Gasteiger partial charge >= 0.3 is 0 Å². The lowest BCUT2D eigenvalue weighted by Crippen LogP contribution is -2.50. The van der Waals surface area contributed by atoms with Crippen molar-refractivity contribution in [3.05, 3.63) is 0 Å². The fourth-order valence-corrected chi connectivity index (χ4v) is 3.87. The van der Waals surface area contributed by atoms with E-state index in [1.807, 2.05) is 0 Å². The normalized spacial score (nSPS) is 41.4. The first-order valence-corrected chi connectivity index (χ1v) is 8.10. The Morgan fingerprint density at radius 1 is 1.21 bits per heavy atom. The first kappa shape index (κ1) is 15.3. The highest BCUT2D eigenvalue weighted by Gasteiger charge is 2.37. The van der Waals surface area contributed by atoms with E-state index in [2.05, 4.69) is 31.1 Å². The molecular formula is C16H32N2O. The zero-order chi connectivity index (χ0) is 13.9. The molecule has 19 heavy (non-hydrogen) atoms. The number of nitrogens with zero attached hydrogens (tertiary/aromatic N) is 1. The van der Waals surface area contributed by atoms with Crippen molar-refractivity contribution >= 4 is 0 Å². The van der Waals surface area contributed by atoms with Crippen molar-refractivity contribution in [2.45, 2.75) is 52.1 Å². The minimum Gasteiger partial charge on any atom is -0.392 e. The van der Waals surface area contributed by atoms with E-state index in [4.69, 9.17) is 0 Å². The first-order chi connectivity index (χ1) is 9.04. The third kappa shape index (κ3) is 3.93. The van der Waals surface area contributed by atoms with Gasteiger partial charge in [-0.2, -0.15) is 0 Å². The largest absolute Gasteiger partial charge is 0.392 e. The van der Waals surface area contributed by atoms with Crippen LogP contribution in [0.4, 0.5) is 0 Å². The number of aliphatic hydroxyl groups excluding tert-OH is 1. The molecule has 2 unspecified atom stereocenters. The van der Waals surface area contributed by atoms with Crippen molar-refractivity contribution in [1.29, 1.82) is 0 Å². The second-order valence-electron chi connectivity index (χ2n) is 7.28. The van der Waals surface area contributed by atoms with Crippen LogP contribution in [0.25, 0.3) is 0 Å². The highest BCUT2D eigenvalue weighted by Crippen LogP contribution is 2.39. The monoisotopic (exact) mass is 268 g/mol. The third-order valence-corrected chi connectivity index (χ3v) is 5.45. The molecule has 2 aliphatic rings. The third-order valence-electron chi connectivity index (χ3n) is 5.45. The van der Waals surface area contributed by atoms with E-state index in [0.717, 1.165) is 25.4 Å². The van der Waals surface area contributed by atoms with Gasteiger partial charge in [0.2, 0.25) is 0 Å². The van der Waals surface area contributed by atoms with Gasteiger partial charge in [-0.15, -0.1) is 0 Å². The van der Waals surface area contributed by atoms with Crippen LogP contribution in [0.5, 0.6) is 0 Å². The number of aliphatic hydroxyl groups is 1. The Morgan fingerprint density at radius 2 is 1.89 bits per heavy atom. The van der Waals surface area contributed by atoms with E-state index in [9.17, 15) is 5.11 Å². The minimum atomic E-state index is -0.122. The number of nitrogens with one attached hydrogen (secondary N) is 1. The number of β-amino-alcohol motifs (C(OH)–C–C–N with tert-alkyl or cyclic N) is 1. The van der Waals surface area contributed by atoms with Gasteiger partial charge in [0.1, 0.15) is 0 Å². The Hall–Kier alpha value is -0.120. The molecule has 0 spiro atoms. The van der Waals surface area contributed by atoms with Crippen molar-refractivity contribution in [2.24, 2.45) is 17.3 Å². The second kappa shape index (κ2) is 6.55. The Labute approximate surface area is 118 Å². The maximum absolute atomic E-state index is 10.1. The summed E-state index contributed by atoms with van der Waals surface area (Å²) in [5, 5.41) is 13.5. The number of piperidine rings is 1. The van der Waals surface area contributed by atoms with E-state index in [1.165, 1.54) is 38.8 Å². The molecule has 0 radical (unpaired) electrons. The smallest absolute Gasteiger partial charge is 0.0693 e. The van der Waals surface area contributed by atoms with Crippen LogP contribution in [0.15, 0.2) is 0 Å². The first-order valence-electron chi connectivity index (χ1n) is 8.10. The van der Waals surface area contributed by atoms with Gasteiger partial charge in [0.05, 0.1) is 6.10 Å². The van der Waals surface area contributed by atoms with Gasteiger partial charge in [-0.05, 0) is 50.1 Å². The lowest BCUT2D eigenvalue weighted by atomic mass is 9.70. The van der Waals surface area contributed by atoms with Crippen molar-refractivity contribution < 1.29 is 5.11 Å². The minimum absolute atomic E-state index is 0.122. The molecule has 2 atom stereocenters. The summed E-state index contributed by atoms with van der Waals surface area (Å²) >= 11 is 0. The standard InChI is InChI=1S/C16H32N2O/c1-13-4-7-16(8-5-13,11-17-3)12-18-9-6-14(2)15(19)10-18/h13-15,17,19H,4-12H2,1-3H3. The fraction of sp³-hybridized carbons (Fsp3) is 1.00. The predicted octanol–water partition coefficient (Wildman–Crippen LogP) is 2.10. The van der Waals surface area contributed by atoms with E-state index >= 15 is 0 Å². The van der Waals surface area contributed by atoms with Crippen molar-refractivity contribution in [1.82, 2.24) is 10.2 Å². The average molecular weight is 268 g/mol. The van der Waals surface area contributed by atoms with E-state index < -0.39 is 0 Å². The van der Waals surface area contributed by atoms with E-state index in [-0.39, 0.29) is 6.10 Å². The van der Waals surface area contributed by atoms with Crippen molar-refractivity contribution in [3.8, 4) is 0 Å². The molecule has 1 saturated heterocycles. The van der Waals surface area contributed by atoms with Crippen LogP contribution in [-0.4, -0.2) is 49.3 Å². The molecule has 1 aliphatic heterocycles. The lowest BCUT2D eigenvalue weighted by Gasteiger charge is -2.45. The van der Waals surface area contributed by atoms with Gasteiger partial charge in [0.25, 0.3) is 0 Å². The average Bonchev–Trinajstić information content (AvgIpc) is 2.38. The van der Waals surface area contributed by atoms with Crippen molar-refractivity contribution in [3.63, 3.8) is 0 Å². The summed E-state index contributed by atoms with van der Waals surface area (Å²) in [5.41, 5.74) is 0.446. The van der Waals surface area contributed by atoms with Crippen LogP contribution < -0.4 is 5.32 Å². The van der Waals surface area contributed by atoms with Gasteiger partial charge in [-0.1, -0.05) is 26.7 Å². The van der Waals surface area contributed by atoms with Crippen LogP contribution in [0.1, 0.15) is 46.0 Å². The van der Waals surface area contributed by atoms with Gasteiger partial charge in [-0.25, -0.2) is 0 Å². The molecule has 2 rings (SSSR count). The van der Waals surface area contributed by atoms with Crippen LogP contribution in [0.3, 0.4) is 0 Å². The maximum Gasteiger partial charge on any atom is 0.0693 e. The fourth-order valence-electron chi connectivity index (χ4n) is 3.87. The molecule has 2 N–H and O–H groups in total. The van der Waals surface area contributed by atoms with Crippen LogP contribution >= 0.6 is 0 Å². The number of rotatable bonds is 4. The lowest BCUT2D eigenvalue weighted by molar-refractivity contribution is -0.000535. The Morgan fingerprint density at radius 3 is 2.47 bits per heavy atom. The molecular weight excluding hydrogens is 236 g/mol. The molecule has 1 heterocycles. The van der Waals surface area contributed by atoms with E-state index in [1.54, 1.807) is 0 Å². The summed E-state index contributed by atoms with van der Waals surface area (Å²) < 4.78 is 0. The van der Waals surface area contributed by atoms with Gasteiger partial charge < -0.3 is 15.3 Å². The molecule has 1 saturated carbocycles. The molecule has 3 nitrogen and oxygen atoms in total. The van der Waals surface area contributed by atoms with Crippen LogP contribution in [-0.2, 0) is 0 Å². The molecule has 3 heteroatoms. The summed E-state index contributed by atoms with van der Waals surface area (Å²) in [6.07, 6.45) is 6.45.